The van der Waals surface area contributed by atoms with E-state index in [1.54, 1.807) is 22.9 Å². The normalized spacial score (nSPS) is 13.2. The molecule has 1 aromatic heterocycles. The first kappa shape index (κ1) is 24.1. The molecular formula is C21H29ClN4O3S. The summed E-state index contributed by atoms with van der Waals surface area (Å²) in [5.41, 5.74) is 2.30. The molecule has 1 heterocycles. The second kappa shape index (κ2) is 10.2. The molecule has 0 radical (unpaired) electrons. The highest BCUT2D eigenvalue weighted by Crippen LogP contribution is 2.22. The monoisotopic (exact) mass is 452 g/mol. The van der Waals surface area contributed by atoms with Gasteiger partial charge in [-0.1, -0.05) is 37.1 Å². The Morgan fingerprint density at radius 1 is 1.30 bits per heavy atom. The molecule has 1 aromatic carbocycles. The highest BCUT2D eigenvalue weighted by molar-refractivity contribution is 7.89. The Morgan fingerprint density at radius 3 is 2.50 bits per heavy atom. The van der Waals surface area contributed by atoms with Crippen LogP contribution in [0.15, 0.2) is 35.2 Å². The smallest absolute Gasteiger partial charge is 0.244 e. The van der Waals surface area contributed by atoms with Crippen molar-refractivity contribution < 1.29 is 13.2 Å². The van der Waals surface area contributed by atoms with Gasteiger partial charge in [0.1, 0.15) is 5.15 Å². The minimum Gasteiger partial charge on any atom is -0.346 e. The maximum Gasteiger partial charge on any atom is 0.244 e. The van der Waals surface area contributed by atoms with Gasteiger partial charge in [-0.2, -0.15) is 5.10 Å². The number of nitrogens with zero attached hydrogens (tertiary/aromatic N) is 3. The topological polar surface area (TPSA) is 84.3 Å². The minimum atomic E-state index is -3.48. The number of hydrogen-bond donors (Lipinski definition) is 1. The van der Waals surface area contributed by atoms with Crippen LogP contribution in [0.3, 0.4) is 0 Å². The largest absolute Gasteiger partial charge is 0.346 e. The number of aromatic nitrogens is 2. The number of carbonyl (C=O) groups excluding carboxylic acids is 1. The van der Waals surface area contributed by atoms with E-state index in [1.165, 1.54) is 32.3 Å². The van der Waals surface area contributed by atoms with Gasteiger partial charge in [-0.15, -0.1) is 0 Å². The lowest BCUT2D eigenvalue weighted by molar-refractivity contribution is -0.117. The van der Waals surface area contributed by atoms with Crippen LogP contribution >= 0.6 is 11.6 Å². The fourth-order valence-electron chi connectivity index (χ4n) is 2.86. The Labute approximate surface area is 183 Å². The molecule has 1 unspecified atom stereocenters. The van der Waals surface area contributed by atoms with Crippen LogP contribution in [0.1, 0.15) is 49.6 Å². The number of rotatable bonds is 9. The molecule has 30 heavy (non-hydrogen) atoms. The molecule has 164 valence electrons. The molecule has 0 aliphatic heterocycles. The lowest BCUT2D eigenvalue weighted by atomic mass is 10.1. The van der Waals surface area contributed by atoms with Gasteiger partial charge in [-0.05, 0) is 44.0 Å². The van der Waals surface area contributed by atoms with E-state index in [2.05, 4.69) is 17.3 Å². The molecule has 0 aliphatic carbocycles. The molecule has 0 saturated carbocycles. The molecule has 0 spiro atoms. The van der Waals surface area contributed by atoms with Crippen molar-refractivity contribution in [3.63, 3.8) is 0 Å². The van der Waals surface area contributed by atoms with Crippen LogP contribution < -0.4 is 5.32 Å². The van der Waals surface area contributed by atoms with E-state index in [1.807, 2.05) is 13.8 Å². The first-order chi connectivity index (χ1) is 14.1. The van der Waals surface area contributed by atoms with E-state index in [0.717, 1.165) is 40.5 Å². The zero-order valence-electron chi connectivity index (χ0n) is 18.0. The van der Waals surface area contributed by atoms with Crippen molar-refractivity contribution >= 4 is 33.6 Å². The van der Waals surface area contributed by atoms with Gasteiger partial charge in [0.2, 0.25) is 15.9 Å². The average Bonchev–Trinajstić information content (AvgIpc) is 2.97. The van der Waals surface area contributed by atoms with Gasteiger partial charge >= 0.3 is 0 Å². The van der Waals surface area contributed by atoms with Crippen LogP contribution in [0.25, 0.3) is 6.08 Å². The van der Waals surface area contributed by atoms with Gasteiger partial charge in [-0.25, -0.2) is 12.7 Å². The maximum atomic E-state index is 12.3. The summed E-state index contributed by atoms with van der Waals surface area (Å²) < 4.78 is 27.2. The minimum absolute atomic E-state index is 0.208. The summed E-state index contributed by atoms with van der Waals surface area (Å²) in [4.78, 5) is 12.6. The second-order valence-corrected chi connectivity index (χ2v) is 9.80. The number of carbonyl (C=O) groups is 1. The second-order valence-electron chi connectivity index (χ2n) is 7.29. The zero-order valence-corrected chi connectivity index (χ0v) is 19.6. The van der Waals surface area contributed by atoms with E-state index in [9.17, 15) is 13.2 Å². The third kappa shape index (κ3) is 5.71. The van der Waals surface area contributed by atoms with Crippen LogP contribution in [0.5, 0.6) is 0 Å². The summed E-state index contributed by atoms with van der Waals surface area (Å²) in [7, 11) is -0.507. The molecule has 0 aliphatic rings. The molecule has 2 rings (SSSR count). The number of hydrogen-bond acceptors (Lipinski definition) is 4. The summed E-state index contributed by atoms with van der Waals surface area (Å²) >= 11 is 6.39. The summed E-state index contributed by atoms with van der Waals surface area (Å²) in [6.45, 7) is 6.54. The standard InChI is InChI=1S/C21H29ClN4O3S/c1-6-7-14-26-21(22)19(16(3)24-26)12-13-20(27)23-15(2)17-8-10-18(11-9-17)30(28,29)25(4)5/h8-13,15H,6-7,14H2,1-5H3,(H,23,27)/b13-12+. The number of sulfonamides is 1. The Balaban J connectivity index is 2.05. The molecule has 9 heteroatoms. The van der Waals surface area contributed by atoms with Gasteiger partial charge in [0, 0.05) is 32.3 Å². The Morgan fingerprint density at radius 2 is 1.93 bits per heavy atom. The van der Waals surface area contributed by atoms with Crippen LogP contribution in [0.2, 0.25) is 5.15 Å². The van der Waals surface area contributed by atoms with E-state index >= 15 is 0 Å². The number of amides is 1. The quantitative estimate of drug-likeness (QED) is 0.586. The van der Waals surface area contributed by atoms with Crippen molar-refractivity contribution in [2.45, 2.75) is 51.1 Å². The van der Waals surface area contributed by atoms with Gasteiger partial charge < -0.3 is 5.32 Å². The third-order valence-corrected chi connectivity index (χ3v) is 6.98. The summed E-state index contributed by atoms with van der Waals surface area (Å²) in [5.74, 6) is -0.274. The van der Waals surface area contributed by atoms with Crippen LogP contribution in [0, 0.1) is 6.92 Å². The SMILES string of the molecule is CCCCn1nc(C)c(/C=C/C(=O)NC(C)c2ccc(S(=O)(=O)N(C)C)cc2)c1Cl. The molecule has 0 bridgehead atoms. The predicted octanol–water partition coefficient (Wildman–Crippen LogP) is 3.79. The van der Waals surface area contributed by atoms with Crippen molar-refractivity contribution in [1.82, 2.24) is 19.4 Å². The molecular weight excluding hydrogens is 424 g/mol. The number of halogens is 1. The highest BCUT2D eigenvalue weighted by Gasteiger charge is 2.17. The molecule has 1 amide bonds. The van der Waals surface area contributed by atoms with Gasteiger partial charge in [-0.3, -0.25) is 9.48 Å². The molecule has 7 nitrogen and oxygen atoms in total. The number of nitrogens with one attached hydrogen (secondary N) is 1. The van der Waals surface area contributed by atoms with Crippen LogP contribution in [0.4, 0.5) is 0 Å². The number of benzene rings is 1. The van der Waals surface area contributed by atoms with Crippen LogP contribution in [-0.4, -0.2) is 42.5 Å². The van der Waals surface area contributed by atoms with Gasteiger partial charge in [0.15, 0.2) is 0 Å². The maximum absolute atomic E-state index is 12.3. The molecule has 2 aromatic rings. The summed E-state index contributed by atoms with van der Waals surface area (Å²) in [6.07, 6.45) is 5.13. The van der Waals surface area contributed by atoms with Crippen molar-refractivity contribution in [3.05, 3.63) is 52.3 Å². The van der Waals surface area contributed by atoms with E-state index in [-0.39, 0.29) is 16.8 Å². The van der Waals surface area contributed by atoms with Gasteiger partial charge in [0.05, 0.1) is 16.6 Å². The van der Waals surface area contributed by atoms with Crippen molar-refractivity contribution in [1.29, 1.82) is 0 Å². The van der Waals surface area contributed by atoms with E-state index in [0.29, 0.717) is 5.15 Å². The third-order valence-electron chi connectivity index (χ3n) is 4.75. The van der Waals surface area contributed by atoms with Crippen molar-refractivity contribution in [3.8, 4) is 0 Å². The Hall–Kier alpha value is -2.16. The Bertz CT molecular complexity index is 1010. The molecule has 1 N–H and O–H groups in total. The van der Waals surface area contributed by atoms with Crippen molar-refractivity contribution in [2.24, 2.45) is 0 Å². The van der Waals surface area contributed by atoms with Crippen LogP contribution in [-0.2, 0) is 21.4 Å². The lowest BCUT2D eigenvalue weighted by Crippen LogP contribution is -2.25. The number of unbranched alkanes of at least 4 members (excludes halogenated alkanes) is 1. The summed E-state index contributed by atoms with van der Waals surface area (Å²) in [5, 5.41) is 7.82. The summed E-state index contributed by atoms with van der Waals surface area (Å²) in [6, 6.07) is 6.18. The number of aryl methyl sites for hydroxylation is 2. The molecule has 0 saturated heterocycles. The first-order valence-electron chi connectivity index (χ1n) is 9.81. The molecule has 1 atom stereocenters. The fourth-order valence-corrected chi connectivity index (χ4v) is 4.08. The lowest BCUT2D eigenvalue weighted by Gasteiger charge is -2.15. The highest BCUT2D eigenvalue weighted by atomic mass is 35.5. The average molecular weight is 453 g/mol. The first-order valence-corrected chi connectivity index (χ1v) is 11.6. The Kier molecular flexibility index (Phi) is 8.23. The van der Waals surface area contributed by atoms with E-state index < -0.39 is 10.0 Å². The van der Waals surface area contributed by atoms with Crippen molar-refractivity contribution in [2.75, 3.05) is 14.1 Å². The van der Waals surface area contributed by atoms with E-state index in [4.69, 9.17) is 11.6 Å². The zero-order chi connectivity index (χ0) is 22.5. The molecule has 0 fully saturated rings. The fraction of sp³-hybridized carbons (Fsp3) is 0.429. The predicted molar refractivity (Wildman–Crippen MR) is 120 cm³/mol. The van der Waals surface area contributed by atoms with Gasteiger partial charge in [0.25, 0.3) is 0 Å².